The second kappa shape index (κ2) is 6.51. The standard InChI is InChI=1S/C12H10N6O6/c1-6-2-9(15-14-6)12(20)16-13-5-7-3-8(17(21)22)4-10(11(7)19)18(23)24/h2-5,19H,1H3,(H,14,15)(H,16,20). The Labute approximate surface area is 133 Å². The minimum Gasteiger partial charge on any atom is -0.502 e. The van der Waals surface area contributed by atoms with Crippen LogP contribution in [0.2, 0.25) is 0 Å². The lowest BCUT2D eigenvalue weighted by atomic mass is 10.1. The lowest BCUT2D eigenvalue weighted by Gasteiger charge is -2.01. The molecule has 0 atom stereocenters. The molecule has 1 aromatic heterocycles. The van der Waals surface area contributed by atoms with Gasteiger partial charge in [0.2, 0.25) is 5.75 Å². The Bertz CT molecular complexity index is 858. The Hall–Kier alpha value is -3.83. The van der Waals surface area contributed by atoms with E-state index in [4.69, 9.17) is 0 Å². The number of phenols is 1. The summed E-state index contributed by atoms with van der Waals surface area (Å²) in [6.45, 7) is 1.69. The number of carbonyl (C=O) groups excluding carboxylic acids is 1. The van der Waals surface area contributed by atoms with Gasteiger partial charge in [-0.3, -0.25) is 30.1 Å². The van der Waals surface area contributed by atoms with Gasteiger partial charge in [-0.05, 0) is 13.0 Å². The van der Waals surface area contributed by atoms with Crippen LogP contribution in [-0.4, -0.2) is 37.3 Å². The largest absolute Gasteiger partial charge is 0.502 e. The average Bonchev–Trinajstić information content (AvgIpc) is 2.94. The molecule has 1 amide bonds. The van der Waals surface area contributed by atoms with Crippen LogP contribution in [0, 0.1) is 27.2 Å². The van der Waals surface area contributed by atoms with Gasteiger partial charge in [0.1, 0.15) is 0 Å². The van der Waals surface area contributed by atoms with Crippen molar-refractivity contribution in [3.05, 3.63) is 55.4 Å². The number of hydrogen-bond donors (Lipinski definition) is 3. The van der Waals surface area contributed by atoms with Gasteiger partial charge in [-0.15, -0.1) is 0 Å². The summed E-state index contributed by atoms with van der Waals surface area (Å²) in [5, 5.41) is 41.1. The number of benzene rings is 1. The third-order valence-electron chi connectivity index (χ3n) is 2.82. The maximum atomic E-state index is 11.7. The molecule has 2 rings (SSSR count). The minimum absolute atomic E-state index is 0.0545. The number of nitrogens with zero attached hydrogens (tertiary/aromatic N) is 4. The number of phenolic OH excluding ortho intramolecular Hbond substituents is 1. The molecule has 0 saturated carbocycles. The van der Waals surface area contributed by atoms with Crippen molar-refractivity contribution in [1.29, 1.82) is 0 Å². The highest BCUT2D eigenvalue weighted by Crippen LogP contribution is 2.33. The quantitative estimate of drug-likeness (QED) is 0.414. The second-order valence-electron chi connectivity index (χ2n) is 4.55. The number of aromatic hydroxyl groups is 1. The summed E-state index contributed by atoms with van der Waals surface area (Å²) in [6, 6.07) is 2.97. The zero-order valence-electron chi connectivity index (χ0n) is 12.1. The molecule has 12 heteroatoms. The first-order valence-electron chi connectivity index (χ1n) is 6.30. The van der Waals surface area contributed by atoms with Crippen molar-refractivity contribution < 1.29 is 19.7 Å². The molecule has 124 valence electrons. The van der Waals surface area contributed by atoms with Gasteiger partial charge in [-0.1, -0.05) is 0 Å². The van der Waals surface area contributed by atoms with Crippen LogP contribution >= 0.6 is 0 Å². The molecule has 2 aromatic rings. The molecule has 24 heavy (non-hydrogen) atoms. The van der Waals surface area contributed by atoms with E-state index >= 15 is 0 Å². The monoisotopic (exact) mass is 334 g/mol. The number of nitro benzene ring substituents is 2. The molecular weight excluding hydrogens is 324 g/mol. The fourth-order valence-electron chi connectivity index (χ4n) is 1.72. The summed E-state index contributed by atoms with van der Waals surface area (Å²) < 4.78 is 0. The van der Waals surface area contributed by atoms with Crippen molar-refractivity contribution in [3.8, 4) is 5.75 Å². The highest BCUT2D eigenvalue weighted by Gasteiger charge is 2.23. The molecule has 0 bridgehead atoms. The number of aromatic amines is 1. The van der Waals surface area contributed by atoms with Crippen LogP contribution in [0.1, 0.15) is 21.7 Å². The highest BCUT2D eigenvalue weighted by molar-refractivity contribution is 5.94. The third kappa shape index (κ3) is 3.49. The van der Waals surface area contributed by atoms with E-state index < -0.39 is 32.9 Å². The summed E-state index contributed by atoms with van der Waals surface area (Å²) in [6.07, 6.45) is 0.854. The predicted molar refractivity (Wildman–Crippen MR) is 79.8 cm³/mol. The maximum Gasteiger partial charge on any atom is 0.318 e. The number of carbonyl (C=O) groups is 1. The van der Waals surface area contributed by atoms with Gasteiger partial charge in [0.05, 0.1) is 27.7 Å². The molecule has 0 aliphatic carbocycles. The van der Waals surface area contributed by atoms with Crippen molar-refractivity contribution >= 4 is 23.5 Å². The molecule has 3 N–H and O–H groups in total. The molecule has 0 fully saturated rings. The van der Waals surface area contributed by atoms with Gasteiger partial charge >= 0.3 is 5.69 Å². The van der Waals surface area contributed by atoms with E-state index in [1.165, 1.54) is 6.07 Å². The lowest BCUT2D eigenvalue weighted by molar-refractivity contribution is -0.394. The Morgan fingerprint density at radius 1 is 1.33 bits per heavy atom. The Morgan fingerprint density at radius 2 is 2.04 bits per heavy atom. The van der Waals surface area contributed by atoms with Crippen LogP contribution in [0.5, 0.6) is 5.75 Å². The van der Waals surface area contributed by atoms with Crippen molar-refractivity contribution in [1.82, 2.24) is 15.6 Å². The summed E-state index contributed by atoms with van der Waals surface area (Å²) in [4.78, 5) is 31.5. The normalized spacial score (nSPS) is 10.7. The van der Waals surface area contributed by atoms with Crippen LogP contribution in [0.3, 0.4) is 0 Å². The number of nitrogens with one attached hydrogen (secondary N) is 2. The molecule has 0 unspecified atom stereocenters. The van der Waals surface area contributed by atoms with Gasteiger partial charge in [-0.2, -0.15) is 10.2 Å². The molecule has 0 radical (unpaired) electrons. The van der Waals surface area contributed by atoms with E-state index in [2.05, 4.69) is 20.7 Å². The summed E-state index contributed by atoms with van der Waals surface area (Å²) >= 11 is 0. The number of aryl methyl sites for hydroxylation is 1. The van der Waals surface area contributed by atoms with E-state index in [0.29, 0.717) is 11.8 Å². The highest BCUT2D eigenvalue weighted by atomic mass is 16.6. The Kier molecular flexibility index (Phi) is 4.49. The molecule has 1 heterocycles. The first-order chi connectivity index (χ1) is 11.3. The van der Waals surface area contributed by atoms with Gasteiger partial charge in [-0.25, -0.2) is 5.43 Å². The number of non-ortho nitro benzene ring substituents is 1. The van der Waals surface area contributed by atoms with Gasteiger partial charge in [0.25, 0.3) is 11.6 Å². The first-order valence-corrected chi connectivity index (χ1v) is 6.30. The molecule has 0 aliphatic rings. The summed E-state index contributed by atoms with van der Waals surface area (Å²) in [5.41, 5.74) is 1.04. The van der Waals surface area contributed by atoms with E-state index in [-0.39, 0.29) is 11.3 Å². The number of rotatable bonds is 5. The maximum absolute atomic E-state index is 11.7. The fraction of sp³-hybridized carbons (Fsp3) is 0.0833. The second-order valence-corrected chi connectivity index (χ2v) is 4.55. The number of hydrogen-bond acceptors (Lipinski definition) is 8. The van der Waals surface area contributed by atoms with Gasteiger partial charge < -0.3 is 5.11 Å². The zero-order chi connectivity index (χ0) is 17.9. The van der Waals surface area contributed by atoms with Crippen LogP contribution in [0.25, 0.3) is 0 Å². The zero-order valence-corrected chi connectivity index (χ0v) is 12.1. The van der Waals surface area contributed by atoms with E-state index in [1.807, 2.05) is 0 Å². The lowest BCUT2D eigenvalue weighted by Crippen LogP contribution is -2.18. The summed E-state index contributed by atoms with van der Waals surface area (Å²) in [5.74, 6) is -1.48. The molecule has 1 aromatic carbocycles. The molecule has 0 aliphatic heterocycles. The van der Waals surface area contributed by atoms with Crippen LogP contribution in [0.4, 0.5) is 11.4 Å². The topological polar surface area (TPSA) is 177 Å². The van der Waals surface area contributed by atoms with Crippen molar-refractivity contribution in [2.45, 2.75) is 6.92 Å². The minimum atomic E-state index is -0.968. The Morgan fingerprint density at radius 3 is 2.58 bits per heavy atom. The van der Waals surface area contributed by atoms with Crippen molar-refractivity contribution in [2.24, 2.45) is 5.10 Å². The van der Waals surface area contributed by atoms with Crippen molar-refractivity contribution in [2.75, 3.05) is 0 Å². The van der Waals surface area contributed by atoms with E-state index in [0.717, 1.165) is 12.3 Å². The number of aromatic nitrogens is 2. The van der Waals surface area contributed by atoms with Crippen LogP contribution < -0.4 is 5.43 Å². The third-order valence-corrected chi connectivity index (χ3v) is 2.82. The van der Waals surface area contributed by atoms with Crippen LogP contribution in [-0.2, 0) is 0 Å². The molecule has 12 nitrogen and oxygen atoms in total. The smallest absolute Gasteiger partial charge is 0.318 e. The SMILES string of the molecule is Cc1cc(C(=O)NN=Cc2cc([N+](=O)[O-])cc([N+](=O)[O-])c2O)n[nH]1. The fourth-order valence-corrected chi connectivity index (χ4v) is 1.72. The number of amides is 1. The van der Waals surface area contributed by atoms with Crippen molar-refractivity contribution in [3.63, 3.8) is 0 Å². The molecule has 0 saturated heterocycles. The average molecular weight is 334 g/mol. The predicted octanol–water partition coefficient (Wildman–Crippen LogP) is 1.00. The first kappa shape index (κ1) is 16.5. The van der Waals surface area contributed by atoms with Gasteiger partial charge in [0.15, 0.2) is 5.69 Å². The van der Waals surface area contributed by atoms with Gasteiger partial charge in [0, 0.05) is 11.8 Å². The van der Waals surface area contributed by atoms with E-state index in [9.17, 15) is 30.1 Å². The number of H-pyrrole nitrogens is 1. The number of hydrazone groups is 1. The number of nitro groups is 2. The Balaban J connectivity index is 2.26. The van der Waals surface area contributed by atoms with E-state index in [1.54, 1.807) is 6.92 Å². The molecular formula is C12H10N6O6. The summed E-state index contributed by atoms with van der Waals surface area (Å²) in [7, 11) is 0. The van der Waals surface area contributed by atoms with Crippen LogP contribution in [0.15, 0.2) is 23.3 Å². The molecule has 0 spiro atoms.